The largest absolute Gasteiger partial charge is 0.360 e. The topological polar surface area (TPSA) is 3.24 Å². The van der Waals surface area contributed by atoms with E-state index in [1.165, 1.54) is 42.9 Å². The van der Waals surface area contributed by atoms with Crippen molar-refractivity contribution in [3.8, 4) is 0 Å². The molecule has 0 amide bonds. The Morgan fingerprint density at radius 1 is 1.13 bits per heavy atom. The SMILES string of the molecule is CC[N+]1(C)CCN(c2ccccc2)CC1. The maximum Gasteiger partial charge on any atom is 0.0963 e. The Balaban J connectivity index is 2.00. The predicted molar refractivity (Wildman–Crippen MR) is 65.1 cm³/mol. The van der Waals surface area contributed by atoms with Gasteiger partial charge in [0.2, 0.25) is 0 Å². The van der Waals surface area contributed by atoms with Crippen molar-refractivity contribution < 1.29 is 4.48 Å². The third-order valence-corrected chi connectivity index (χ3v) is 3.70. The maximum atomic E-state index is 2.50. The van der Waals surface area contributed by atoms with Gasteiger partial charge in [0.25, 0.3) is 0 Å². The molecule has 1 saturated heterocycles. The van der Waals surface area contributed by atoms with Crippen molar-refractivity contribution in [3.63, 3.8) is 0 Å². The average molecular weight is 205 g/mol. The van der Waals surface area contributed by atoms with E-state index in [0.29, 0.717) is 0 Å². The maximum absolute atomic E-state index is 2.50. The van der Waals surface area contributed by atoms with Gasteiger partial charge in [0, 0.05) is 5.69 Å². The fraction of sp³-hybridized carbons (Fsp3) is 0.538. The highest BCUT2D eigenvalue weighted by Crippen LogP contribution is 2.17. The Hall–Kier alpha value is -1.02. The minimum absolute atomic E-state index is 1.19. The van der Waals surface area contributed by atoms with Gasteiger partial charge in [-0.1, -0.05) is 18.2 Å². The Bertz CT molecular complexity index is 300. The minimum Gasteiger partial charge on any atom is -0.360 e. The molecule has 2 rings (SSSR count). The molecular weight excluding hydrogens is 184 g/mol. The Kier molecular flexibility index (Phi) is 2.96. The molecule has 0 N–H and O–H groups in total. The molecule has 15 heavy (non-hydrogen) atoms. The van der Waals surface area contributed by atoms with E-state index in [1.807, 2.05) is 0 Å². The Morgan fingerprint density at radius 3 is 2.27 bits per heavy atom. The third kappa shape index (κ3) is 2.32. The van der Waals surface area contributed by atoms with E-state index in [2.05, 4.69) is 49.2 Å². The molecular formula is C13H21N2+. The summed E-state index contributed by atoms with van der Waals surface area (Å²) >= 11 is 0. The fourth-order valence-electron chi connectivity index (χ4n) is 2.16. The standard InChI is InChI=1S/C13H21N2/c1-3-15(2)11-9-14(10-12-15)13-7-5-4-6-8-13/h4-8H,3,9-12H2,1-2H3/q+1. The fourth-order valence-corrected chi connectivity index (χ4v) is 2.16. The third-order valence-electron chi connectivity index (χ3n) is 3.70. The molecule has 1 aromatic carbocycles. The van der Waals surface area contributed by atoms with Crippen LogP contribution in [0.1, 0.15) is 6.92 Å². The van der Waals surface area contributed by atoms with Gasteiger partial charge in [0.15, 0.2) is 0 Å². The lowest BCUT2D eigenvalue weighted by atomic mass is 10.2. The van der Waals surface area contributed by atoms with Crippen molar-refractivity contribution in [2.75, 3.05) is 44.7 Å². The van der Waals surface area contributed by atoms with E-state index < -0.39 is 0 Å². The van der Waals surface area contributed by atoms with Gasteiger partial charge in [0.1, 0.15) is 0 Å². The first-order valence-electron chi connectivity index (χ1n) is 5.87. The van der Waals surface area contributed by atoms with Crippen LogP contribution in [0.15, 0.2) is 30.3 Å². The molecule has 0 spiro atoms. The molecule has 0 saturated carbocycles. The predicted octanol–water partition coefficient (Wildman–Crippen LogP) is 1.97. The minimum atomic E-state index is 1.19. The monoisotopic (exact) mass is 205 g/mol. The van der Waals surface area contributed by atoms with Crippen LogP contribution >= 0.6 is 0 Å². The number of rotatable bonds is 2. The molecule has 1 aliphatic heterocycles. The highest BCUT2D eigenvalue weighted by atomic mass is 15.4. The summed E-state index contributed by atoms with van der Waals surface area (Å²) in [5.74, 6) is 0. The summed E-state index contributed by atoms with van der Waals surface area (Å²) in [6.45, 7) is 8.46. The molecule has 1 aromatic rings. The van der Waals surface area contributed by atoms with Gasteiger partial charge in [0.05, 0.1) is 39.8 Å². The zero-order chi connectivity index (χ0) is 10.7. The molecule has 0 radical (unpaired) electrons. The number of hydrogen-bond acceptors (Lipinski definition) is 1. The first-order chi connectivity index (χ1) is 7.23. The first-order valence-corrected chi connectivity index (χ1v) is 5.87. The number of likely N-dealkylation sites (N-methyl/N-ethyl adjacent to an activating group) is 1. The van der Waals surface area contributed by atoms with Gasteiger partial charge in [-0.2, -0.15) is 0 Å². The number of para-hydroxylation sites is 1. The highest BCUT2D eigenvalue weighted by Gasteiger charge is 2.26. The molecule has 0 aromatic heterocycles. The summed E-state index contributed by atoms with van der Waals surface area (Å²) in [4.78, 5) is 2.50. The second-order valence-corrected chi connectivity index (χ2v) is 4.71. The van der Waals surface area contributed by atoms with Crippen molar-refractivity contribution in [2.45, 2.75) is 6.92 Å². The average Bonchev–Trinajstić information content (AvgIpc) is 2.31. The summed E-state index contributed by atoms with van der Waals surface area (Å²) in [7, 11) is 2.36. The van der Waals surface area contributed by atoms with Gasteiger partial charge in [-0.05, 0) is 19.1 Å². The van der Waals surface area contributed by atoms with Crippen LogP contribution in [0.2, 0.25) is 0 Å². The quantitative estimate of drug-likeness (QED) is 0.667. The van der Waals surface area contributed by atoms with Gasteiger partial charge >= 0.3 is 0 Å². The van der Waals surface area contributed by atoms with E-state index in [9.17, 15) is 0 Å². The first kappa shape index (κ1) is 10.5. The lowest BCUT2D eigenvalue weighted by molar-refractivity contribution is -0.908. The summed E-state index contributed by atoms with van der Waals surface area (Å²) in [6, 6.07) is 10.7. The van der Waals surface area contributed by atoms with Crippen LogP contribution in [0.5, 0.6) is 0 Å². The van der Waals surface area contributed by atoms with E-state index in [0.717, 1.165) is 0 Å². The zero-order valence-electron chi connectivity index (χ0n) is 9.82. The number of anilines is 1. The van der Waals surface area contributed by atoms with E-state index in [4.69, 9.17) is 0 Å². The van der Waals surface area contributed by atoms with Crippen molar-refractivity contribution in [1.29, 1.82) is 0 Å². The van der Waals surface area contributed by atoms with Crippen molar-refractivity contribution in [2.24, 2.45) is 0 Å². The summed E-state index contributed by atoms with van der Waals surface area (Å²) in [5.41, 5.74) is 1.37. The number of hydrogen-bond donors (Lipinski definition) is 0. The van der Waals surface area contributed by atoms with Crippen LogP contribution in [-0.2, 0) is 0 Å². The molecule has 1 aliphatic rings. The number of benzene rings is 1. The van der Waals surface area contributed by atoms with Crippen molar-refractivity contribution in [3.05, 3.63) is 30.3 Å². The van der Waals surface area contributed by atoms with Crippen molar-refractivity contribution >= 4 is 5.69 Å². The smallest absolute Gasteiger partial charge is 0.0963 e. The molecule has 82 valence electrons. The van der Waals surface area contributed by atoms with Gasteiger partial charge in [-0.15, -0.1) is 0 Å². The molecule has 0 bridgehead atoms. The molecule has 0 aliphatic carbocycles. The number of piperazine rings is 1. The summed E-state index contributed by atoms with van der Waals surface area (Å²) in [5, 5.41) is 0. The molecule has 2 nitrogen and oxygen atoms in total. The lowest BCUT2D eigenvalue weighted by Crippen LogP contribution is -2.57. The Labute approximate surface area is 92.7 Å². The second kappa shape index (κ2) is 4.23. The molecule has 1 heterocycles. The van der Waals surface area contributed by atoms with Crippen LogP contribution in [0.25, 0.3) is 0 Å². The van der Waals surface area contributed by atoms with Gasteiger partial charge in [-0.25, -0.2) is 0 Å². The highest BCUT2D eigenvalue weighted by molar-refractivity contribution is 5.46. The Morgan fingerprint density at radius 2 is 1.73 bits per heavy atom. The van der Waals surface area contributed by atoms with E-state index >= 15 is 0 Å². The molecule has 0 unspecified atom stereocenters. The van der Waals surface area contributed by atoms with Crippen LogP contribution < -0.4 is 4.90 Å². The normalized spacial score (nSPS) is 20.3. The molecule has 2 heteroatoms. The lowest BCUT2D eigenvalue weighted by Gasteiger charge is -2.42. The summed E-state index contributed by atoms with van der Waals surface area (Å²) < 4.78 is 1.23. The summed E-state index contributed by atoms with van der Waals surface area (Å²) in [6.07, 6.45) is 0. The van der Waals surface area contributed by atoms with Crippen LogP contribution in [0, 0.1) is 0 Å². The van der Waals surface area contributed by atoms with Crippen LogP contribution in [0.4, 0.5) is 5.69 Å². The molecule has 1 fully saturated rings. The van der Waals surface area contributed by atoms with Crippen molar-refractivity contribution in [1.82, 2.24) is 0 Å². The van der Waals surface area contributed by atoms with Gasteiger partial charge in [-0.3, -0.25) is 0 Å². The van der Waals surface area contributed by atoms with Crippen LogP contribution in [0.3, 0.4) is 0 Å². The number of nitrogens with zero attached hydrogens (tertiary/aromatic N) is 2. The van der Waals surface area contributed by atoms with Crippen LogP contribution in [-0.4, -0.2) is 44.3 Å². The van der Waals surface area contributed by atoms with Gasteiger partial charge < -0.3 is 9.38 Å². The van der Waals surface area contributed by atoms with E-state index in [-0.39, 0.29) is 0 Å². The zero-order valence-corrected chi connectivity index (χ0v) is 9.82. The van der Waals surface area contributed by atoms with E-state index in [1.54, 1.807) is 0 Å². The number of quaternary nitrogens is 1. The second-order valence-electron chi connectivity index (χ2n) is 4.71. The molecule has 0 atom stereocenters.